The Bertz CT molecular complexity index is 396. The molecule has 0 aromatic heterocycles. The summed E-state index contributed by atoms with van der Waals surface area (Å²) in [5, 5.41) is 27.1. The Balaban J connectivity index is 2.83. The lowest BCUT2D eigenvalue weighted by Gasteiger charge is -2.16. The number of hydrogen-bond acceptors (Lipinski definition) is 3. The van der Waals surface area contributed by atoms with Gasteiger partial charge in [0.25, 0.3) is 0 Å². The fourth-order valence-electron chi connectivity index (χ4n) is 1.21. The molecular formula is C10H10ClFO4. The minimum absolute atomic E-state index is 0.167. The number of carboxylic acids is 1. The quantitative estimate of drug-likeness (QED) is 0.752. The molecule has 1 aromatic rings. The highest BCUT2D eigenvalue weighted by molar-refractivity contribution is 6.30. The van der Waals surface area contributed by atoms with Crippen LogP contribution in [-0.2, 0) is 4.79 Å². The van der Waals surface area contributed by atoms with E-state index < -0.39 is 30.4 Å². The second kappa shape index (κ2) is 5.25. The first-order chi connectivity index (χ1) is 7.41. The topological polar surface area (TPSA) is 77.8 Å². The van der Waals surface area contributed by atoms with Crippen molar-refractivity contribution in [3.8, 4) is 0 Å². The number of aliphatic carboxylic acids is 1. The summed E-state index contributed by atoms with van der Waals surface area (Å²) in [5.41, 5.74) is 0.167. The van der Waals surface area contributed by atoms with E-state index in [0.717, 1.165) is 12.1 Å². The van der Waals surface area contributed by atoms with Crippen LogP contribution in [-0.4, -0.2) is 27.4 Å². The Kier molecular flexibility index (Phi) is 4.23. The number of carbonyl (C=O) groups is 1. The van der Waals surface area contributed by atoms with Gasteiger partial charge in [-0.15, -0.1) is 0 Å². The zero-order chi connectivity index (χ0) is 12.3. The summed E-state index contributed by atoms with van der Waals surface area (Å²) in [5.74, 6) is -1.88. The van der Waals surface area contributed by atoms with E-state index in [-0.39, 0.29) is 10.6 Å². The van der Waals surface area contributed by atoms with E-state index in [2.05, 4.69) is 0 Å². The maximum Gasteiger partial charge on any atom is 0.306 e. The lowest BCUT2D eigenvalue weighted by atomic mass is 10.0. The Morgan fingerprint density at radius 1 is 1.44 bits per heavy atom. The van der Waals surface area contributed by atoms with Gasteiger partial charge in [-0.25, -0.2) is 4.39 Å². The molecule has 3 N–H and O–H groups in total. The summed E-state index contributed by atoms with van der Waals surface area (Å²) in [7, 11) is 0. The third-order valence-electron chi connectivity index (χ3n) is 2.03. The van der Waals surface area contributed by atoms with Crippen LogP contribution in [0.2, 0.25) is 5.02 Å². The molecule has 0 fully saturated rings. The number of halogens is 2. The van der Waals surface area contributed by atoms with Crippen LogP contribution in [0.15, 0.2) is 18.2 Å². The number of aliphatic hydroxyl groups excluding tert-OH is 2. The van der Waals surface area contributed by atoms with Crippen molar-refractivity contribution in [3.63, 3.8) is 0 Å². The van der Waals surface area contributed by atoms with E-state index in [1.807, 2.05) is 0 Å². The highest BCUT2D eigenvalue weighted by atomic mass is 35.5. The predicted molar refractivity (Wildman–Crippen MR) is 54.6 cm³/mol. The molecule has 0 saturated heterocycles. The second-order valence-electron chi connectivity index (χ2n) is 3.28. The number of rotatable bonds is 4. The molecule has 2 unspecified atom stereocenters. The number of benzene rings is 1. The van der Waals surface area contributed by atoms with Gasteiger partial charge in [-0.1, -0.05) is 17.7 Å². The largest absolute Gasteiger partial charge is 0.481 e. The van der Waals surface area contributed by atoms with Crippen molar-refractivity contribution in [1.29, 1.82) is 0 Å². The van der Waals surface area contributed by atoms with Crippen molar-refractivity contribution in [2.75, 3.05) is 0 Å². The lowest BCUT2D eigenvalue weighted by molar-refractivity contribution is -0.141. The van der Waals surface area contributed by atoms with Gasteiger partial charge in [-0.3, -0.25) is 4.79 Å². The maximum absolute atomic E-state index is 12.8. The van der Waals surface area contributed by atoms with Crippen LogP contribution in [0.1, 0.15) is 18.1 Å². The fourth-order valence-corrected chi connectivity index (χ4v) is 1.40. The van der Waals surface area contributed by atoms with E-state index in [9.17, 15) is 19.4 Å². The van der Waals surface area contributed by atoms with Gasteiger partial charge in [0.15, 0.2) is 0 Å². The highest BCUT2D eigenvalue weighted by Gasteiger charge is 2.21. The van der Waals surface area contributed by atoms with Crippen molar-refractivity contribution >= 4 is 17.6 Å². The summed E-state index contributed by atoms with van der Waals surface area (Å²) in [6, 6.07) is 3.41. The van der Waals surface area contributed by atoms with Gasteiger partial charge in [0, 0.05) is 0 Å². The molecule has 6 heteroatoms. The molecule has 0 amide bonds. The molecule has 0 aliphatic rings. The predicted octanol–water partition coefficient (Wildman–Crippen LogP) is 1.35. The molecule has 1 rings (SSSR count). The zero-order valence-corrected chi connectivity index (χ0v) is 8.86. The zero-order valence-electron chi connectivity index (χ0n) is 8.10. The van der Waals surface area contributed by atoms with Gasteiger partial charge in [0.2, 0.25) is 0 Å². The van der Waals surface area contributed by atoms with Crippen LogP contribution in [0.3, 0.4) is 0 Å². The first kappa shape index (κ1) is 12.9. The second-order valence-corrected chi connectivity index (χ2v) is 3.69. The minimum Gasteiger partial charge on any atom is -0.481 e. The van der Waals surface area contributed by atoms with E-state index in [0.29, 0.717) is 0 Å². The standard InChI is InChI=1S/C10H10ClFO4/c11-6-3-5(1-2-7(6)12)10(16)8(13)4-9(14)15/h1-3,8,10,13,16H,4H2,(H,14,15). The smallest absolute Gasteiger partial charge is 0.306 e. The number of carboxylic acid groups (broad SMARTS) is 1. The first-order valence-corrected chi connectivity index (χ1v) is 4.82. The minimum atomic E-state index is -1.46. The summed E-state index contributed by atoms with van der Waals surface area (Å²) < 4.78 is 12.8. The summed E-state index contributed by atoms with van der Waals surface area (Å²) >= 11 is 5.48. The van der Waals surface area contributed by atoms with Crippen molar-refractivity contribution in [3.05, 3.63) is 34.6 Å². The Morgan fingerprint density at radius 3 is 2.56 bits per heavy atom. The van der Waals surface area contributed by atoms with Crippen LogP contribution in [0.5, 0.6) is 0 Å². The van der Waals surface area contributed by atoms with Crippen LogP contribution < -0.4 is 0 Å². The van der Waals surface area contributed by atoms with Crippen molar-refractivity contribution < 1.29 is 24.5 Å². The summed E-state index contributed by atoms with van der Waals surface area (Å²) in [6.07, 6.45) is -3.47. The molecule has 0 heterocycles. The Hall–Kier alpha value is -1.17. The van der Waals surface area contributed by atoms with Crippen LogP contribution in [0.4, 0.5) is 4.39 Å². The lowest BCUT2D eigenvalue weighted by Crippen LogP contribution is -2.21. The molecule has 4 nitrogen and oxygen atoms in total. The van der Waals surface area contributed by atoms with Gasteiger partial charge in [0.05, 0.1) is 17.5 Å². The van der Waals surface area contributed by atoms with Crippen molar-refractivity contribution in [2.24, 2.45) is 0 Å². The van der Waals surface area contributed by atoms with Crippen LogP contribution in [0, 0.1) is 5.82 Å². The number of aliphatic hydroxyl groups is 2. The fraction of sp³-hybridized carbons (Fsp3) is 0.300. The van der Waals surface area contributed by atoms with E-state index >= 15 is 0 Å². The number of hydrogen-bond donors (Lipinski definition) is 3. The molecule has 0 bridgehead atoms. The Morgan fingerprint density at radius 2 is 2.06 bits per heavy atom. The average molecular weight is 249 g/mol. The highest BCUT2D eigenvalue weighted by Crippen LogP contribution is 2.23. The van der Waals surface area contributed by atoms with Gasteiger partial charge in [-0.2, -0.15) is 0 Å². The molecule has 0 aliphatic carbocycles. The first-order valence-electron chi connectivity index (χ1n) is 4.44. The molecule has 1 aromatic carbocycles. The summed E-state index contributed by atoms with van der Waals surface area (Å²) in [4.78, 5) is 10.3. The molecule has 0 spiro atoms. The third kappa shape index (κ3) is 3.16. The van der Waals surface area contributed by atoms with Crippen molar-refractivity contribution in [2.45, 2.75) is 18.6 Å². The normalized spacial score (nSPS) is 14.5. The van der Waals surface area contributed by atoms with Crippen LogP contribution in [0.25, 0.3) is 0 Å². The molecule has 0 radical (unpaired) electrons. The van der Waals surface area contributed by atoms with Crippen molar-refractivity contribution in [1.82, 2.24) is 0 Å². The van der Waals surface area contributed by atoms with Gasteiger partial charge < -0.3 is 15.3 Å². The molecule has 16 heavy (non-hydrogen) atoms. The summed E-state index contributed by atoms with van der Waals surface area (Å²) in [6.45, 7) is 0. The third-order valence-corrected chi connectivity index (χ3v) is 2.32. The molecule has 88 valence electrons. The van der Waals surface area contributed by atoms with Crippen LogP contribution >= 0.6 is 11.6 Å². The molecular weight excluding hydrogens is 239 g/mol. The van der Waals surface area contributed by atoms with Gasteiger partial charge >= 0.3 is 5.97 Å². The molecule has 0 saturated carbocycles. The average Bonchev–Trinajstić information content (AvgIpc) is 2.20. The Labute approximate surface area is 95.9 Å². The molecule has 2 atom stereocenters. The van der Waals surface area contributed by atoms with Gasteiger partial charge in [0.1, 0.15) is 11.9 Å². The maximum atomic E-state index is 12.8. The monoisotopic (exact) mass is 248 g/mol. The van der Waals surface area contributed by atoms with E-state index in [1.165, 1.54) is 6.07 Å². The van der Waals surface area contributed by atoms with E-state index in [1.54, 1.807) is 0 Å². The SMILES string of the molecule is O=C(O)CC(O)C(O)c1ccc(F)c(Cl)c1. The molecule has 0 aliphatic heterocycles. The van der Waals surface area contributed by atoms with Gasteiger partial charge in [-0.05, 0) is 17.7 Å². The van der Waals surface area contributed by atoms with E-state index in [4.69, 9.17) is 16.7 Å².